The maximum Gasteiger partial charge on any atom is 0.407 e. The predicted molar refractivity (Wildman–Crippen MR) is 74.8 cm³/mol. The van der Waals surface area contributed by atoms with Crippen molar-refractivity contribution in [2.24, 2.45) is 0 Å². The Morgan fingerprint density at radius 3 is 2.39 bits per heavy atom. The minimum Gasteiger partial charge on any atom is -0.450 e. The Morgan fingerprint density at radius 2 is 1.83 bits per heavy atom. The van der Waals surface area contributed by atoms with Gasteiger partial charge in [0.1, 0.15) is 0 Å². The van der Waals surface area contributed by atoms with E-state index in [0.29, 0.717) is 26.4 Å². The van der Waals surface area contributed by atoms with E-state index in [-0.39, 0.29) is 21.9 Å². The highest BCUT2D eigenvalue weighted by Crippen LogP contribution is 2.03. The van der Waals surface area contributed by atoms with Gasteiger partial charge in [-0.2, -0.15) is 0 Å². The molecule has 0 unspecified atom stereocenters. The van der Waals surface area contributed by atoms with Crippen LogP contribution in [0.4, 0.5) is 4.79 Å². The molecule has 0 rings (SSSR count). The average molecular weight is 277 g/mol. The van der Waals surface area contributed by atoms with Crippen molar-refractivity contribution in [3.63, 3.8) is 0 Å². The fourth-order valence-corrected chi connectivity index (χ4v) is 3.13. The van der Waals surface area contributed by atoms with E-state index < -0.39 is 0 Å². The normalized spacial score (nSPS) is 11.3. The average Bonchev–Trinajstić information content (AvgIpc) is 2.34. The van der Waals surface area contributed by atoms with Crippen molar-refractivity contribution in [1.82, 2.24) is 5.32 Å². The van der Waals surface area contributed by atoms with Crippen LogP contribution in [0, 0.1) is 0 Å². The van der Waals surface area contributed by atoms with Gasteiger partial charge in [-0.1, -0.05) is 6.04 Å². The number of hydrogen-bond donors (Lipinski definition) is 1. The molecule has 0 fully saturated rings. The standard InChI is InChI=1S/C12H27NO4Si/c1-4-15-11(16-5-2)10-18-9-7-8-13-12(14)17-6-3/h11H,4-10,18H2,1-3H3,(H,13,14). The summed E-state index contributed by atoms with van der Waals surface area (Å²) in [6, 6.07) is 2.23. The van der Waals surface area contributed by atoms with Crippen molar-refractivity contribution in [2.45, 2.75) is 45.6 Å². The number of alkyl carbamates (subject to hydrolysis) is 1. The molecular formula is C12H27NO4Si. The topological polar surface area (TPSA) is 56.8 Å². The fourth-order valence-electron chi connectivity index (χ4n) is 1.57. The minimum atomic E-state index is -0.319. The maximum absolute atomic E-state index is 11.0. The van der Waals surface area contributed by atoms with Gasteiger partial charge < -0.3 is 19.5 Å². The molecule has 5 nitrogen and oxygen atoms in total. The lowest BCUT2D eigenvalue weighted by atomic mass is 10.5. The minimum absolute atomic E-state index is 0.0234. The van der Waals surface area contributed by atoms with E-state index in [4.69, 9.17) is 14.2 Å². The van der Waals surface area contributed by atoms with Gasteiger partial charge in [0.15, 0.2) is 6.29 Å². The zero-order valence-corrected chi connectivity index (χ0v) is 13.3. The van der Waals surface area contributed by atoms with E-state index in [2.05, 4.69) is 5.32 Å². The Hall–Kier alpha value is -0.593. The zero-order valence-electron chi connectivity index (χ0n) is 11.9. The Morgan fingerprint density at radius 1 is 1.17 bits per heavy atom. The van der Waals surface area contributed by atoms with Crippen LogP contribution in [0.2, 0.25) is 12.1 Å². The van der Waals surface area contributed by atoms with Crippen LogP contribution in [0.3, 0.4) is 0 Å². The van der Waals surface area contributed by atoms with Gasteiger partial charge in [-0.05, 0) is 33.2 Å². The molecule has 0 heterocycles. The van der Waals surface area contributed by atoms with Crippen LogP contribution in [-0.2, 0) is 14.2 Å². The van der Waals surface area contributed by atoms with Crippen LogP contribution >= 0.6 is 0 Å². The summed E-state index contributed by atoms with van der Waals surface area (Å²) in [5, 5.41) is 2.72. The third kappa shape index (κ3) is 10.6. The highest BCUT2D eigenvalue weighted by molar-refractivity contribution is 6.35. The number of amides is 1. The molecule has 0 saturated heterocycles. The Kier molecular flexibility index (Phi) is 12.4. The molecule has 0 bridgehead atoms. The van der Waals surface area contributed by atoms with Gasteiger partial charge in [0, 0.05) is 29.3 Å². The predicted octanol–water partition coefficient (Wildman–Crippen LogP) is 1.53. The number of carbonyl (C=O) groups is 1. The van der Waals surface area contributed by atoms with Crippen molar-refractivity contribution in [3.8, 4) is 0 Å². The molecule has 0 atom stereocenters. The van der Waals surface area contributed by atoms with Gasteiger partial charge in [-0.15, -0.1) is 0 Å². The molecule has 1 N–H and O–H groups in total. The van der Waals surface area contributed by atoms with Gasteiger partial charge in [0.05, 0.1) is 6.61 Å². The van der Waals surface area contributed by atoms with Crippen molar-refractivity contribution in [3.05, 3.63) is 0 Å². The third-order valence-electron chi connectivity index (χ3n) is 2.37. The Balaban J connectivity index is 3.39. The molecule has 108 valence electrons. The third-order valence-corrected chi connectivity index (χ3v) is 4.25. The molecule has 0 aliphatic rings. The second kappa shape index (κ2) is 12.9. The van der Waals surface area contributed by atoms with Gasteiger partial charge >= 0.3 is 6.09 Å². The lowest BCUT2D eigenvalue weighted by molar-refractivity contribution is -0.123. The van der Waals surface area contributed by atoms with E-state index in [1.54, 1.807) is 6.92 Å². The van der Waals surface area contributed by atoms with Crippen LogP contribution in [0.1, 0.15) is 27.2 Å². The van der Waals surface area contributed by atoms with Gasteiger partial charge in [-0.25, -0.2) is 4.79 Å². The summed E-state index contributed by atoms with van der Waals surface area (Å²) in [6.07, 6.45) is 0.668. The highest BCUT2D eigenvalue weighted by atomic mass is 28.2. The van der Waals surface area contributed by atoms with Crippen LogP contribution < -0.4 is 5.32 Å². The van der Waals surface area contributed by atoms with E-state index in [1.807, 2.05) is 13.8 Å². The number of nitrogens with one attached hydrogen (secondary N) is 1. The first-order valence-corrected chi connectivity index (χ1v) is 8.88. The molecule has 0 saturated carbocycles. The quantitative estimate of drug-likeness (QED) is 0.353. The maximum atomic E-state index is 11.0. The largest absolute Gasteiger partial charge is 0.450 e. The summed E-state index contributed by atoms with van der Waals surface area (Å²) in [5.41, 5.74) is 0. The van der Waals surface area contributed by atoms with Crippen molar-refractivity contribution in [2.75, 3.05) is 26.4 Å². The van der Waals surface area contributed by atoms with E-state index in [0.717, 1.165) is 12.5 Å². The SMILES string of the molecule is CCOC(=O)NCCC[SiH2]CC(OCC)OCC. The second-order valence-corrected chi connectivity index (χ2v) is 5.83. The molecule has 1 amide bonds. The first-order chi connectivity index (χ1) is 8.74. The van der Waals surface area contributed by atoms with Crippen molar-refractivity contribution >= 4 is 15.6 Å². The van der Waals surface area contributed by atoms with Crippen molar-refractivity contribution < 1.29 is 19.0 Å². The van der Waals surface area contributed by atoms with E-state index in [1.165, 1.54) is 6.04 Å². The van der Waals surface area contributed by atoms with Gasteiger partial charge in [0.2, 0.25) is 0 Å². The summed E-state index contributed by atoms with van der Waals surface area (Å²) >= 11 is 0. The molecule has 0 spiro atoms. The Bertz CT molecular complexity index is 199. The molecule has 18 heavy (non-hydrogen) atoms. The van der Waals surface area contributed by atoms with E-state index >= 15 is 0 Å². The molecule has 0 aliphatic heterocycles. The lowest BCUT2D eigenvalue weighted by Crippen LogP contribution is -2.25. The molecule has 0 aromatic carbocycles. The summed E-state index contributed by atoms with van der Waals surface area (Å²) in [7, 11) is -0.175. The first kappa shape index (κ1) is 17.4. The molecule has 0 radical (unpaired) electrons. The van der Waals surface area contributed by atoms with Crippen LogP contribution in [0.15, 0.2) is 0 Å². The molecule has 0 aromatic heterocycles. The number of rotatable bonds is 11. The Labute approximate surface area is 112 Å². The highest BCUT2D eigenvalue weighted by Gasteiger charge is 2.07. The van der Waals surface area contributed by atoms with Gasteiger partial charge in [0.25, 0.3) is 0 Å². The molecule has 0 aliphatic carbocycles. The smallest absolute Gasteiger partial charge is 0.407 e. The van der Waals surface area contributed by atoms with Crippen LogP contribution in [0.25, 0.3) is 0 Å². The fraction of sp³-hybridized carbons (Fsp3) is 0.917. The second-order valence-electron chi connectivity index (χ2n) is 3.84. The van der Waals surface area contributed by atoms with Gasteiger partial charge in [-0.3, -0.25) is 0 Å². The summed E-state index contributed by atoms with van der Waals surface area (Å²) in [6.45, 7) is 8.28. The number of ether oxygens (including phenoxy) is 3. The van der Waals surface area contributed by atoms with Crippen LogP contribution in [-0.4, -0.2) is 48.3 Å². The molecule has 0 aromatic rings. The van der Waals surface area contributed by atoms with Crippen molar-refractivity contribution in [1.29, 1.82) is 0 Å². The number of carbonyl (C=O) groups excluding carboxylic acids is 1. The summed E-state index contributed by atoms with van der Waals surface area (Å²) < 4.78 is 15.7. The van der Waals surface area contributed by atoms with E-state index in [9.17, 15) is 4.79 Å². The molecular weight excluding hydrogens is 250 g/mol. The summed E-state index contributed by atoms with van der Waals surface area (Å²) in [5.74, 6) is 0. The summed E-state index contributed by atoms with van der Waals surface area (Å²) in [4.78, 5) is 11.0. The first-order valence-electron chi connectivity index (χ1n) is 6.88. The monoisotopic (exact) mass is 277 g/mol. The van der Waals surface area contributed by atoms with Crippen LogP contribution in [0.5, 0.6) is 0 Å². The zero-order chi connectivity index (χ0) is 13.6. The lowest BCUT2D eigenvalue weighted by Gasteiger charge is -2.16. The molecule has 6 heteroatoms. The number of hydrogen-bond acceptors (Lipinski definition) is 4.